The highest BCUT2D eigenvalue weighted by molar-refractivity contribution is 7.93. The highest BCUT2D eigenvalue weighted by Gasteiger charge is 2.35. The smallest absolute Gasteiger partial charge is 0.261 e. The summed E-state index contributed by atoms with van der Waals surface area (Å²) in [5, 5.41) is 0.503. The van der Waals surface area contributed by atoms with E-state index in [1.165, 1.54) is 22.5 Å². The van der Waals surface area contributed by atoms with Crippen molar-refractivity contribution in [3.63, 3.8) is 0 Å². The highest BCUT2D eigenvalue weighted by atomic mass is 35.5. The summed E-state index contributed by atoms with van der Waals surface area (Å²) in [4.78, 5) is 0.0392. The molecule has 0 amide bonds. The average molecular weight is 358 g/mol. The summed E-state index contributed by atoms with van der Waals surface area (Å²) in [6.07, 6.45) is 0. The van der Waals surface area contributed by atoms with Crippen LogP contribution in [-0.4, -0.2) is 14.0 Å². The third-order valence-corrected chi connectivity index (χ3v) is 5.82. The third-order valence-electron chi connectivity index (χ3n) is 3.01. The van der Waals surface area contributed by atoms with E-state index in [-0.39, 0.29) is 9.92 Å². The molecule has 3 nitrogen and oxygen atoms in total. The van der Waals surface area contributed by atoms with Crippen molar-refractivity contribution in [2.24, 2.45) is 0 Å². The SMILES string of the molecule is CC(C)(C)N(c1ccccc1)S(=O)(=O)c1ccc(Cl)cc1Cl. The van der Waals surface area contributed by atoms with Crippen LogP contribution in [0, 0.1) is 0 Å². The fourth-order valence-electron chi connectivity index (χ4n) is 2.23. The van der Waals surface area contributed by atoms with Crippen LogP contribution in [0.15, 0.2) is 53.4 Å². The van der Waals surface area contributed by atoms with Crippen LogP contribution in [0.1, 0.15) is 20.8 Å². The maximum atomic E-state index is 13.1. The van der Waals surface area contributed by atoms with Crippen LogP contribution in [0.25, 0.3) is 0 Å². The molecule has 0 saturated heterocycles. The van der Waals surface area contributed by atoms with Crippen molar-refractivity contribution < 1.29 is 8.42 Å². The molecule has 0 bridgehead atoms. The molecular weight excluding hydrogens is 341 g/mol. The summed E-state index contributed by atoms with van der Waals surface area (Å²) in [5.41, 5.74) is -0.0654. The largest absolute Gasteiger partial charge is 0.266 e. The molecule has 118 valence electrons. The maximum Gasteiger partial charge on any atom is 0.266 e. The van der Waals surface area contributed by atoms with Gasteiger partial charge in [0.15, 0.2) is 0 Å². The number of rotatable bonds is 3. The topological polar surface area (TPSA) is 37.4 Å². The lowest BCUT2D eigenvalue weighted by Crippen LogP contribution is -2.45. The van der Waals surface area contributed by atoms with Gasteiger partial charge in [-0.1, -0.05) is 41.4 Å². The molecule has 0 aliphatic carbocycles. The van der Waals surface area contributed by atoms with Gasteiger partial charge in [-0.05, 0) is 51.1 Å². The zero-order chi connectivity index (χ0) is 16.5. The quantitative estimate of drug-likeness (QED) is 0.775. The minimum atomic E-state index is -3.82. The summed E-state index contributed by atoms with van der Waals surface area (Å²) < 4.78 is 27.6. The molecule has 0 atom stereocenters. The number of hydrogen-bond acceptors (Lipinski definition) is 2. The minimum Gasteiger partial charge on any atom is -0.261 e. The zero-order valence-corrected chi connectivity index (χ0v) is 14.9. The molecule has 0 aliphatic heterocycles. The van der Waals surface area contributed by atoms with Gasteiger partial charge in [-0.2, -0.15) is 0 Å². The third kappa shape index (κ3) is 3.40. The summed E-state index contributed by atoms with van der Waals surface area (Å²) in [6, 6.07) is 13.3. The molecule has 6 heteroatoms. The first-order valence-electron chi connectivity index (χ1n) is 6.69. The molecule has 0 fully saturated rings. The monoisotopic (exact) mass is 357 g/mol. The number of nitrogens with zero attached hydrogens (tertiary/aromatic N) is 1. The van der Waals surface area contributed by atoms with E-state index < -0.39 is 15.6 Å². The molecule has 0 unspecified atom stereocenters. The second kappa shape index (κ2) is 6.11. The van der Waals surface area contributed by atoms with E-state index in [9.17, 15) is 8.42 Å². The summed E-state index contributed by atoms with van der Waals surface area (Å²) in [6.45, 7) is 5.50. The number of halogens is 2. The predicted octanol–water partition coefficient (Wildman–Crippen LogP) is 4.99. The Bertz CT molecular complexity index is 768. The van der Waals surface area contributed by atoms with Crippen molar-refractivity contribution in [3.8, 4) is 0 Å². The van der Waals surface area contributed by atoms with Gasteiger partial charge in [0.2, 0.25) is 0 Å². The van der Waals surface area contributed by atoms with Crippen molar-refractivity contribution in [1.29, 1.82) is 0 Å². The molecule has 0 heterocycles. The fourth-order valence-corrected chi connectivity index (χ4v) is 4.80. The summed E-state index contributed by atoms with van der Waals surface area (Å²) in [7, 11) is -3.82. The first-order chi connectivity index (χ1) is 10.1. The predicted molar refractivity (Wildman–Crippen MR) is 92.3 cm³/mol. The van der Waals surface area contributed by atoms with Gasteiger partial charge < -0.3 is 0 Å². The molecule has 0 aromatic heterocycles. The van der Waals surface area contributed by atoms with Gasteiger partial charge in [-0.25, -0.2) is 8.42 Å². The molecule has 2 aromatic rings. The van der Waals surface area contributed by atoms with Crippen LogP contribution in [0.3, 0.4) is 0 Å². The molecule has 2 aromatic carbocycles. The van der Waals surface area contributed by atoms with Gasteiger partial charge in [-0.3, -0.25) is 4.31 Å². The van der Waals surface area contributed by atoms with E-state index in [0.29, 0.717) is 10.7 Å². The minimum absolute atomic E-state index is 0.0392. The zero-order valence-electron chi connectivity index (χ0n) is 12.5. The molecule has 22 heavy (non-hydrogen) atoms. The van der Waals surface area contributed by atoms with Crippen LogP contribution >= 0.6 is 23.2 Å². The van der Waals surface area contributed by atoms with Gasteiger partial charge in [0.25, 0.3) is 10.0 Å². The Morgan fingerprint density at radius 3 is 2.05 bits per heavy atom. The van der Waals surface area contributed by atoms with E-state index in [1.807, 2.05) is 26.8 Å². The van der Waals surface area contributed by atoms with Crippen LogP contribution in [0.5, 0.6) is 0 Å². The first kappa shape index (κ1) is 17.1. The lowest BCUT2D eigenvalue weighted by molar-refractivity contribution is 0.535. The van der Waals surface area contributed by atoms with Crippen molar-refractivity contribution in [1.82, 2.24) is 0 Å². The second-order valence-corrected chi connectivity index (χ2v) is 8.45. The summed E-state index contributed by atoms with van der Waals surface area (Å²) >= 11 is 12.0. The summed E-state index contributed by atoms with van der Waals surface area (Å²) in [5.74, 6) is 0. The number of benzene rings is 2. The normalized spacial score (nSPS) is 12.2. The fraction of sp³-hybridized carbons (Fsp3) is 0.250. The average Bonchev–Trinajstić information content (AvgIpc) is 2.37. The van der Waals surface area contributed by atoms with Crippen molar-refractivity contribution in [2.75, 3.05) is 4.31 Å². The Morgan fingerprint density at radius 1 is 0.955 bits per heavy atom. The van der Waals surface area contributed by atoms with Gasteiger partial charge in [-0.15, -0.1) is 0 Å². The second-order valence-electron chi connectivity index (χ2n) is 5.85. The van der Waals surface area contributed by atoms with Crippen LogP contribution < -0.4 is 4.31 Å². The molecule has 0 N–H and O–H groups in total. The number of hydrogen-bond donors (Lipinski definition) is 0. The molecule has 0 radical (unpaired) electrons. The molecule has 0 aliphatic rings. The lowest BCUT2D eigenvalue weighted by atomic mass is 10.1. The standard InChI is InChI=1S/C16H17Cl2NO2S/c1-16(2,3)19(13-7-5-4-6-8-13)22(20,21)15-10-9-12(17)11-14(15)18/h4-11H,1-3H3. The van der Waals surface area contributed by atoms with E-state index >= 15 is 0 Å². The number of anilines is 1. The van der Waals surface area contributed by atoms with E-state index in [0.717, 1.165) is 0 Å². The lowest BCUT2D eigenvalue weighted by Gasteiger charge is -2.36. The maximum absolute atomic E-state index is 13.1. The van der Waals surface area contributed by atoms with Crippen LogP contribution in [0.2, 0.25) is 10.0 Å². The Hall–Kier alpha value is -1.23. The van der Waals surface area contributed by atoms with Crippen molar-refractivity contribution in [3.05, 3.63) is 58.6 Å². The number of para-hydroxylation sites is 1. The van der Waals surface area contributed by atoms with Gasteiger partial charge in [0.05, 0.1) is 10.7 Å². The van der Waals surface area contributed by atoms with E-state index in [2.05, 4.69) is 0 Å². The van der Waals surface area contributed by atoms with Gasteiger partial charge in [0, 0.05) is 10.6 Å². The van der Waals surface area contributed by atoms with E-state index in [4.69, 9.17) is 23.2 Å². The van der Waals surface area contributed by atoms with Crippen LogP contribution in [-0.2, 0) is 10.0 Å². The van der Waals surface area contributed by atoms with Crippen molar-refractivity contribution >= 4 is 38.9 Å². The molecular formula is C16H17Cl2NO2S. The van der Waals surface area contributed by atoms with Crippen molar-refractivity contribution in [2.45, 2.75) is 31.2 Å². The Labute approximate surface area is 141 Å². The Morgan fingerprint density at radius 2 is 1.55 bits per heavy atom. The van der Waals surface area contributed by atoms with E-state index in [1.54, 1.807) is 24.3 Å². The first-order valence-corrected chi connectivity index (χ1v) is 8.89. The molecule has 0 spiro atoms. The Kier molecular flexibility index (Phi) is 4.76. The molecule has 0 saturated carbocycles. The Balaban J connectivity index is 2.66. The van der Waals surface area contributed by atoms with Gasteiger partial charge >= 0.3 is 0 Å². The molecule has 2 rings (SSSR count). The number of sulfonamides is 1. The van der Waals surface area contributed by atoms with Crippen LogP contribution in [0.4, 0.5) is 5.69 Å². The van der Waals surface area contributed by atoms with Gasteiger partial charge in [0.1, 0.15) is 4.90 Å². The highest BCUT2D eigenvalue weighted by Crippen LogP contribution is 2.34.